The molecule has 0 bridgehead atoms. The number of rotatable bonds is 2. The Labute approximate surface area is 127 Å². The van der Waals surface area contributed by atoms with Gasteiger partial charge in [0.05, 0.1) is 5.69 Å². The highest BCUT2D eigenvalue weighted by atomic mass is 19.1. The zero-order valence-electron chi connectivity index (χ0n) is 12.7. The molecule has 2 aromatic carbocycles. The van der Waals surface area contributed by atoms with E-state index in [1.54, 1.807) is 12.1 Å². The largest absolute Gasteiger partial charge is 0.450 e. The van der Waals surface area contributed by atoms with Gasteiger partial charge in [0.1, 0.15) is 11.4 Å². The molecular formula is C18H16FNO2. The van der Waals surface area contributed by atoms with Crippen molar-refractivity contribution in [1.29, 1.82) is 0 Å². The zero-order valence-corrected chi connectivity index (χ0v) is 12.7. The number of amides is 1. The first-order chi connectivity index (χ1) is 10.5. The molecule has 0 aliphatic rings. The molecule has 0 aliphatic heterocycles. The Kier molecular flexibility index (Phi) is 3.45. The van der Waals surface area contributed by atoms with Gasteiger partial charge in [-0.2, -0.15) is 0 Å². The molecule has 0 saturated carbocycles. The maximum absolute atomic E-state index is 13.6. The molecule has 3 rings (SSSR count). The van der Waals surface area contributed by atoms with E-state index < -0.39 is 11.7 Å². The van der Waals surface area contributed by atoms with Crippen molar-refractivity contribution < 1.29 is 13.6 Å². The van der Waals surface area contributed by atoms with E-state index in [1.807, 2.05) is 32.9 Å². The Balaban J connectivity index is 2.03. The molecule has 0 saturated heterocycles. The summed E-state index contributed by atoms with van der Waals surface area (Å²) in [6, 6.07) is 10.0. The number of carbonyl (C=O) groups excluding carboxylic acids is 1. The average molecular weight is 297 g/mol. The number of nitrogens with one attached hydrogen (secondary N) is 1. The van der Waals surface area contributed by atoms with Gasteiger partial charge in [0.25, 0.3) is 5.91 Å². The summed E-state index contributed by atoms with van der Waals surface area (Å²) in [4.78, 5) is 12.4. The number of carbonyl (C=O) groups is 1. The molecule has 0 fully saturated rings. The summed E-state index contributed by atoms with van der Waals surface area (Å²) in [5.41, 5.74) is 3.68. The summed E-state index contributed by atoms with van der Waals surface area (Å²) >= 11 is 0. The number of hydrogen-bond donors (Lipinski definition) is 1. The van der Waals surface area contributed by atoms with Crippen LogP contribution in [0.25, 0.3) is 11.0 Å². The van der Waals surface area contributed by atoms with E-state index in [9.17, 15) is 9.18 Å². The monoisotopic (exact) mass is 297 g/mol. The molecule has 1 amide bonds. The molecule has 0 unspecified atom stereocenters. The van der Waals surface area contributed by atoms with Crippen LogP contribution in [0.15, 0.2) is 40.8 Å². The molecule has 1 aromatic heterocycles. The fourth-order valence-electron chi connectivity index (χ4n) is 2.63. The summed E-state index contributed by atoms with van der Waals surface area (Å²) < 4.78 is 19.4. The van der Waals surface area contributed by atoms with Crippen molar-refractivity contribution in [3.63, 3.8) is 0 Å². The molecule has 0 radical (unpaired) electrons. The van der Waals surface area contributed by atoms with Crippen LogP contribution in [0, 0.1) is 26.6 Å². The smallest absolute Gasteiger partial charge is 0.291 e. The van der Waals surface area contributed by atoms with E-state index >= 15 is 0 Å². The van der Waals surface area contributed by atoms with Crippen LogP contribution in [0.3, 0.4) is 0 Å². The summed E-state index contributed by atoms with van der Waals surface area (Å²) in [6.07, 6.45) is 0. The molecule has 22 heavy (non-hydrogen) atoms. The highest BCUT2D eigenvalue weighted by Crippen LogP contribution is 2.29. The summed E-state index contributed by atoms with van der Waals surface area (Å²) in [7, 11) is 0. The Morgan fingerprint density at radius 1 is 1.14 bits per heavy atom. The van der Waals surface area contributed by atoms with Crippen molar-refractivity contribution in [3.8, 4) is 0 Å². The first-order valence-corrected chi connectivity index (χ1v) is 7.03. The van der Waals surface area contributed by atoms with Crippen LogP contribution < -0.4 is 5.32 Å². The molecule has 112 valence electrons. The van der Waals surface area contributed by atoms with Crippen LogP contribution in [0.2, 0.25) is 0 Å². The lowest BCUT2D eigenvalue weighted by Gasteiger charge is -2.04. The highest BCUT2D eigenvalue weighted by Gasteiger charge is 2.19. The Morgan fingerprint density at radius 2 is 1.86 bits per heavy atom. The summed E-state index contributed by atoms with van der Waals surface area (Å²) in [5.74, 6) is -0.709. The van der Waals surface area contributed by atoms with Crippen molar-refractivity contribution in [3.05, 3.63) is 64.7 Å². The third kappa shape index (κ3) is 2.37. The number of anilines is 1. The lowest BCUT2D eigenvalue weighted by atomic mass is 10.1. The first kappa shape index (κ1) is 14.3. The number of aryl methyl sites for hydroxylation is 3. The van der Waals surface area contributed by atoms with E-state index in [-0.39, 0.29) is 11.4 Å². The zero-order chi connectivity index (χ0) is 15.9. The second-order valence-corrected chi connectivity index (χ2v) is 5.45. The summed E-state index contributed by atoms with van der Waals surface area (Å²) in [6.45, 7) is 5.77. The minimum atomic E-state index is -0.475. The number of para-hydroxylation sites is 1. The Bertz CT molecular complexity index is 880. The third-order valence-corrected chi connectivity index (χ3v) is 3.70. The van der Waals surface area contributed by atoms with Gasteiger partial charge in [0, 0.05) is 10.9 Å². The molecule has 0 aliphatic carbocycles. The Hall–Kier alpha value is -2.62. The molecule has 0 spiro atoms. The van der Waals surface area contributed by atoms with Crippen molar-refractivity contribution in [1.82, 2.24) is 0 Å². The molecule has 1 N–H and O–H groups in total. The fourth-order valence-corrected chi connectivity index (χ4v) is 2.63. The van der Waals surface area contributed by atoms with Crippen LogP contribution >= 0.6 is 0 Å². The van der Waals surface area contributed by atoms with E-state index in [4.69, 9.17) is 4.42 Å². The molecule has 3 nitrogen and oxygen atoms in total. The van der Waals surface area contributed by atoms with E-state index in [1.165, 1.54) is 12.1 Å². The second kappa shape index (κ2) is 5.30. The average Bonchev–Trinajstić information content (AvgIpc) is 2.79. The topological polar surface area (TPSA) is 42.2 Å². The molecular weight excluding hydrogens is 281 g/mol. The van der Waals surface area contributed by atoms with Gasteiger partial charge in [-0.3, -0.25) is 4.79 Å². The van der Waals surface area contributed by atoms with Gasteiger partial charge in [0.2, 0.25) is 0 Å². The van der Waals surface area contributed by atoms with E-state index in [0.29, 0.717) is 5.58 Å². The van der Waals surface area contributed by atoms with Crippen LogP contribution in [-0.2, 0) is 0 Å². The second-order valence-electron chi connectivity index (χ2n) is 5.45. The van der Waals surface area contributed by atoms with Gasteiger partial charge >= 0.3 is 0 Å². The molecule has 4 heteroatoms. The van der Waals surface area contributed by atoms with Crippen molar-refractivity contribution >= 4 is 22.6 Å². The lowest BCUT2D eigenvalue weighted by Crippen LogP contribution is -2.13. The number of furan rings is 1. The van der Waals surface area contributed by atoms with Crippen LogP contribution in [0.1, 0.15) is 27.2 Å². The standard InChI is InChI=1S/C18H16FNO2/c1-10-8-11(2)16-13(9-10)12(3)17(22-16)18(21)20-15-7-5-4-6-14(15)19/h4-9H,1-3H3,(H,20,21). The minimum absolute atomic E-state index is 0.139. The fraction of sp³-hybridized carbons (Fsp3) is 0.167. The molecule has 0 atom stereocenters. The number of fused-ring (bicyclic) bond motifs is 1. The SMILES string of the molecule is Cc1cc(C)c2oc(C(=O)Nc3ccccc3F)c(C)c2c1. The molecule has 3 aromatic rings. The number of halogens is 1. The van der Waals surface area contributed by atoms with Crippen LogP contribution in [0.5, 0.6) is 0 Å². The van der Waals surface area contributed by atoms with Gasteiger partial charge in [-0.15, -0.1) is 0 Å². The van der Waals surface area contributed by atoms with Crippen molar-refractivity contribution in [2.75, 3.05) is 5.32 Å². The third-order valence-electron chi connectivity index (χ3n) is 3.70. The van der Waals surface area contributed by atoms with Crippen LogP contribution in [-0.4, -0.2) is 5.91 Å². The minimum Gasteiger partial charge on any atom is -0.450 e. The predicted molar refractivity (Wildman–Crippen MR) is 84.8 cm³/mol. The quantitative estimate of drug-likeness (QED) is 0.741. The van der Waals surface area contributed by atoms with Crippen LogP contribution in [0.4, 0.5) is 10.1 Å². The first-order valence-electron chi connectivity index (χ1n) is 7.03. The maximum atomic E-state index is 13.6. The summed E-state index contributed by atoms with van der Waals surface area (Å²) in [5, 5.41) is 3.47. The number of benzene rings is 2. The maximum Gasteiger partial charge on any atom is 0.291 e. The normalized spacial score (nSPS) is 10.9. The number of hydrogen-bond acceptors (Lipinski definition) is 2. The van der Waals surface area contributed by atoms with E-state index in [2.05, 4.69) is 5.32 Å². The van der Waals surface area contributed by atoms with Crippen molar-refractivity contribution in [2.45, 2.75) is 20.8 Å². The lowest BCUT2D eigenvalue weighted by molar-refractivity contribution is 0.0997. The molecule has 1 heterocycles. The Morgan fingerprint density at radius 3 is 2.59 bits per heavy atom. The highest BCUT2D eigenvalue weighted by molar-refractivity contribution is 6.06. The van der Waals surface area contributed by atoms with Gasteiger partial charge in [-0.25, -0.2) is 4.39 Å². The van der Waals surface area contributed by atoms with Gasteiger partial charge < -0.3 is 9.73 Å². The van der Waals surface area contributed by atoms with Gasteiger partial charge in [0.15, 0.2) is 5.76 Å². The van der Waals surface area contributed by atoms with Gasteiger partial charge in [-0.1, -0.05) is 18.2 Å². The predicted octanol–water partition coefficient (Wildman–Crippen LogP) is 4.75. The van der Waals surface area contributed by atoms with Crippen molar-refractivity contribution in [2.24, 2.45) is 0 Å². The van der Waals surface area contributed by atoms with E-state index in [0.717, 1.165) is 22.1 Å². The van der Waals surface area contributed by atoms with Gasteiger partial charge in [-0.05, 0) is 50.1 Å².